The molecule has 4 heteroatoms. The first-order valence-corrected chi connectivity index (χ1v) is 9.13. The van der Waals surface area contributed by atoms with Crippen LogP contribution in [0.3, 0.4) is 0 Å². The van der Waals surface area contributed by atoms with Gasteiger partial charge in [-0.25, -0.2) is 4.98 Å². The van der Waals surface area contributed by atoms with Gasteiger partial charge in [-0.1, -0.05) is 24.3 Å². The summed E-state index contributed by atoms with van der Waals surface area (Å²) in [7, 11) is 0. The first kappa shape index (κ1) is 16.9. The van der Waals surface area contributed by atoms with E-state index < -0.39 is 0 Å². The highest BCUT2D eigenvalue weighted by Crippen LogP contribution is 2.28. The van der Waals surface area contributed by atoms with E-state index in [0.717, 1.165) is 42.3 Å². The van der Waals surface area contributed by atoms with Crippen LogP contribution in [-0.4, -0.2) is 36.2 Å². The molecule has 0 saturated carbocycles. The van der Waals surface area contributed by atoms with E-state index in [4.69, 9.17) is 14.5 Å². The Kier molecular flexibility index (Phi) is 4.76. The minimum Gasteiger partial charge on any atom is -0.492 e. The predicted octanol–water partition coefficient (Wildman–Crippen LogP) is 4.13. The van der Waals surface area contributed by atoms with Crippen molar-refractivity contribution in [3.05, 3.63) is 65.2 Å². The molecule has 0 spiro atoms. The van der Waals surface area contributed by atoms with E-state index in [0.29, 0.717) is 13.2 Å². The number of hydrogen-bond donors (Lipinski definition) is 0. The van der Waals surface area contributed by atoms with E-state index in [1.165, 1.54) is 16.5 Å². The number of hydrogen-bond acceptors (Lipinski definition) is 4. The van der Waals surface area contributed by atoms with Crippen molar-refractivity contribution in [2.45, 2.75) is 20.4 Å². The van der Waals surface area contributed by atoms with Gasteiger partial charge in [0.05, 0.1) is 5.52 Å². The van der Waals surface area contributed by atoms with Crippen LogP contribution in [0.25, 0.3) is 10.9 Å². The fourth-order valence-corrected chi connectivity index (χ4v) is 3.48. The largest absolute Gasteiger partial charge is 0.492 e. The normalized spacial score (nSPS) is 14.5. The summed E-state index contributed by atoms with van der Waals surface area (Å²) in [6, 6.07) is 16.5. The molecule has 2 heterocycles. The molecule has 3 aromatic rings. The van der Waals surface area contributed by atoms with Gasteiger partial charge in [0.15, 0.2) is 0 Å². The summed E-state index contributed by atoms with van der Waals surface area (Å²) in [5.74, 6) is 1.69. The fourth-order valence-electron chi connectivity index (χ4n) is 3.48. The number of nitrogens with zero attached hydrogens (tertiary/aromatic N) is 2. The highest BCUT2D eigenvalue weighted by molar-refractivity contribution is 5.84. The third kappa shape index (κ3) is 3.65. The third-order valence-corrected chi connectivity index (χ3v) is 4.78. The molecule has 0 atom stereocenters. The highest BCUT2D eigenvalue weighted by atomic mass is 16.5. The van der Waals surface area contributed by atoms with E-state index in [9.17, 15) is 0 Å². The SMILES string of the molecule is Cc1cc(C)c2cc3c(nc2c1)OCCN(CCOc1ccccc1)C3. The molecule has 0 saturated heterocycles. The Labute approximate surface area is 154 Å². The van der Waals surface area contributed by atoms with Crippen LogP contribution < -0.4 is 9.47 Å². The first-order valence-electron chi connectivity index (χ1n) is 9.13. The zero-order chi connectivity index (χ0) is 17.9. The lowest BCUT2D eigenvalue weighted by molar-refractivity contribution is 0.185. The van der Waals surface area contributed by atoms with Crippen molar-refractivity contribution in [2.24, 2.45) is 0 Å². The quantitative estimate of drug-likeness (QED) is 0.710. The van der Waals surface area contributed by atoms with E-state index in [1.807, 2.05) is 30.3 Å². The van der Waals surface area contributed by atoms with Crippen molar-refractivity contribution >= 4 is 10.9 Å². The standard InChI is InChI=1S/C22H24N2O2/c1-16-12-17(2)20-14-18-15-24(8-10-25-19-6-4-3-5-7-19)9-11-26-22(18)23-21(20)13-16/h3-7,12-14H,8-11,15H2,1-2H3. The smallest absolute Gasteiger partial charge is 0.218 e. The second kappa shape index (κ2) is 7.34. The van der Waals surface area contributed by atoms with Crippen LogP contribution in [0.4, 0.5) is 0 Å². The third-order valence-electron chi connectivity index (χ3n) is 4.78. The Bertz CT molecular complexity index is 909. The van der Waals surface area contributed by atoms with Crippen molar-refractivity contribution in [1.82, 2.24) is 9.88 Å². The van der Waals surface area contributed by atoms with Gasteiger partial charge in [-0.3, -0.25) is 4.90 Å². The molecule has 1 aromatic heterocycles. The van der Waals surface area contributed by atoms with Gasteiger partial charge in [0.25, 0.3) is 0 Å². The molecule has 0 bridgehead atoms. The molecule has 4 nitrogen and oxygen atoms in total. The van der Waals surface area contributed by atoms with Crippen LogP contribution in [0.5, 0.6) is 11.6 Å². The topological polar surface area (TPSA) is 34.6 Å². The number of aryl methyl sites for hydroxylation is 2. The molecule has 0 unspecified atom stereocenters. The number of benzene rings is 2. The van der Waals surface area contributed by atoms with Crippen LogP contribution in [0.15, 0.2) is 48.5 Å². The molecule has 0 radical (unpaired) electrons. The molecule has 4 rings (SSSR count). The van der Waals surface area contributed by atoms with Gasteiger partial charge in [-0.2, -0.15) is 0 Å². The molecule has 0 amide bonds. The predicted molar refractivity (Wildman–Crippen MR) is 104 cm³/mol. The lowest BCUT2D eigenvalue weighted by Gasteiger charge is -2.19. The van der Waals surface area contributed by atoms with Gasteiger partial charge in [0.2, 0.25) is 5.88 Å². The minimum absolute atomic E-state index is 0.654. The number of fused-ring (bicyclic) bond motifs is 2. The number of ether oxygens (including phenoxy) is 2. The maximum Gasteiger partial charge on any atom is 0.218 e. The average Bonchev–Trinajstić information content (AvgIpc) is 2.82. The summed E-state index contributed by atoms with van der Waals surface area (Å²) in [5, 5.41) is 1.21. The van der Waals surface area contributed by atoms with Gasteiger partial charge in [0, 0.05) is 30.6 Å². The van der Waals surface area contributed by atoms with E-state index >= 15 is 0 Å². The van der Waals surface area contributed by atoms with Gasteiger partial charge in [0.1, 0.15) is 19.0 Å². The van der Waals surface area contributed by atoms with Crippen molar-refractivity contribution in [3.63, 3.8) is 0 Å². The lowest BCUT2D eigenvalue weighted by Crippen LogP contribution is -2.30. The van der Waals surface area contributed by atoms with Crippen LogP contribution >= 0.6 is 0 Å². The summed E-state index contributed by atoms with van der Waals surface area (Å²) in [6.45, 7) is 8.15. The summed E-state index contributed by atoms with van der Waals surface area (Å²) >= 11 is 0. The van der Waals surface area contributed by atoms with Crippen molar-refractivity contribution in [1.29, 1.82) is 0 Å². The molecule has 1 aliphatic rings. The van der Waals surface area contributed by atoms with Gasteiger partial charge in [-0.15, -0.1) is 0 Å². The molecular weight excluding hydrogens is 324 g/mol. The Hall–Kier alpha value is -2.59. The van der Waals surface area contributed by atoms with Gasteiger partial charge in [-0.05, 0) is 49.2 Å². The van der Waals surface area contributed by atoms with E-state index in [2.05, 4.69) is 36.9 Å². The molecule has 2 aromatic carbocycles. The Morgan fingerprint density at radius 3 is 2.81 bits per heavy atom. The Morgan fingerprint density at radius 1 is 1.12 bits per heavy atom. The number of para-hydroxylation sites is 1. The highest BCUT2D eigenvalue weighted by Gasteiger charge is 2.18. The van der Waals surface area contributed by atoms with Crippen molar-refractivity contribution in [3.8, 4) is 11.6 Å². The Morgan fingerprint density at radius 2 is 1.96 bits per heavy atom. The van der Waals surface area contributed by atoms with E-state index in [-0.39, 0.29) is 0 Å². The minimum atomic E-state index is 0.654. The molecule has 0 N–H and O–H groups in total. The molecule has 134 valence electrons. The average molecular weight is 348 g/mol. The van der Waals surface area contributed by atoms with Gasteiger partial charge < -0.3 is 9.47 Å². The molecule has 0 fully saturated rings. The van der Waals surface area contributed by atoms with Crippen LogP contribution in [0.2, 0.25) is 0 Å². The van der Waals surface area contributed by atoms with Crippen LogP contribution in [0.1, 0.15) is 16.7 Å². The number of pyridine rings is 1. The summed E-state index contributed by atoms with van der Waals surface area (Å²) in [5.41, 5.74) is 4.66. The molecule has 0 aliphatic carbocycles. The Balaban J connectivity index is 1.49. The first-order chi connectivity index (χ1) is 12.7. The van der Waals surface area contributed by atoms with Gasteiger partial charge >= 0.3 is 0 Å². The molecule has 1 aliphatic heterocycles. The number of rotatable bonds is 4. The lowest BCUT2D eigenvalue weighted by atomic mass is 10.0. The molecular formula is C22H24N2O2. The zero-order valence-corrected chi connectivity index (χ0v) is 15.4. The van der Waals surface area contributed by atoms with Crippen LogP contribution in [-0.2, 0) is 6.54 Å². The fraction of sp³-hybridized carbons (Fsp3) is 0.318. The second-order valence-electron chi connectivity index (χ2n) is 6.89. The maximum atomic E-state index is 5.94. The maximum absolute atomic E-state index is 5.94. The van der Waals surface area contributed by atoms with E-state index in [1.54, 1.807) is 0 Å². The summed E-state index contributed by atoms with van der Waals surface area (Å²) in [6.07, 6.45) is 0. The van der Waals surface area contributed by atoms with Crippen LogP contribution in [0, 0.1) is 13.8 Å². The monoisotopic (exact) mass is 348 g/mol. The summed E-state index contributed by atoms with van der Waals surface area (Å²) < 4.78 is 11.8. The zero-order valence-electron chi connectivity index (χ0n) is 15.4. The number of aromatic nitrogens is 1. The van der Waals surface area contributed by atoms with Crippen molar-refractivity contribution in [2.75, 3.05) is 26.3 Å². The van der Waals surface area contributed by atoms with Crippen molar-refractivity contribution < 1.29 is 9.47 Å². The molecule has 26 heavy (non-hydrogen) atoms. The second-order valence-corrected chi connectivity index (χ2v) is 6.89. The summed E-state index contributed by atoms with van der Waals surface area (Å²) in [4.78, 5) is 7.15.